The molecular weight excluding hydrogens is 130 g/mol. The molecule has 0 fully saturated rings. The SMILES string of the molecule is C=CON(C)C(O)Cl. The quantitative estimate of drug-likeness (QED) is 0.202. The molecule has 1 N–H and O–H groups in total. The Kier molecular flexibility index (Phi) is 3.60. The third-order valence-electron chi connectivity index (χ3n) is 0.541. The smallest absolute Gasteiger partial charge is 0.216 e. The highest BCUT2D eigenvalue weighted by atomic mass is 35.5. The highest BCUT2D eigenvalue weighted by Crippen LogP contribution is 1.96. The van der Waals surface area contributed by atoms with E-state index in [0.717, 1.165) is 5.06 Å². The molecule has 8 heavy (non-hydrogen) atoms. The van der Waals surface area contributed by atoms with Crippen LogP contribution in [0.5, 0.6) is 0 Å². The van der Waals surface area contributed by atoms with Crippen molar-refractivity contribution in [2.24, 2.45) is 0 Å². The molecule has 0 spiro atoms. The van der Waals surface area contributed by atoms with Gasteiger partial charge in [0.05, 0.1) is 0 Å². The van der Waals surface area contributed by atoms with Crippen molar-refractivity contribution >= 4 is 11.6 Å². The summed E-state index contributed by atoms with van der Waals surface area (Å²) in [7, 11) is 1.49. The number of hydroxylamine groups is 2. The lowest BCUT2D eigenvalue weighted by Crippen LogP contribution is -2.24. The topological polar surface area (TPSA) is 32.7 Å². The highest BCUT2D eigenvalue weighted by molar-refractivity contribution is 6.19. The summed E-state index contributed by atoms with van der Waals surface area (Å²) in [5.41, 5.74) is -1.12. The lowest BCUT2D eigenvalue weighted by Gasteiger charge is -2.14. The van der Waals surface area contributed by atoms with Crippen molar-refractivity contribution in [1.82, 2.24) is 5.06 Å². The predicted molar refractivity (Wildman–Crippen MR) is 30.9 cm³/mol. The molecule has 0 aromatic heterocycles. The van der Waals surface area contributed by atoms with Crippen LogP contribution in [0.25, 0.3) is 0 Å². The first-order valence-electron chi connectivity index (χ1n) is 2.01. The number of aliphatic hydroxyl groups is 1. The lowest BCUT2D eigenvalue weighted by molar-refractivity contribution is -0.149. The van der Waals surface area contributed by atoms with Crippen molar-refractivity contribution in [2.45, 2.75) is 5.69 Å². The van der Waals surface area contributed by atoms with Gasteiger partial charge in [0.1, 0.15) is 6.26 Å². The average Bonchev–Trinajstić information content (AvgIpc) is 1.67. The first-order valence-corrected chi connectivity index (χ1v) is 2.44. The van der Waals surface area contributed by atoms with Gasteiger partial charge in [-0.05, 0) is 0 Å². The Balaban J connectivity index is 3.30. The Morgan fingerprint density at radius 2 is 2.50 bits per heavy atom. The summed E-state index contributed by atoms with van der Waals surface area (Å²) in [4.78, 5) is 4.52. The molecule has 0 heterocycles. The van der Waals surface area contributed by atoms with E-state index in [9.17, 15) is 0 Å². The molecule has 0 radical (unpaired) electrons. The van der Waals surface area contributed by atoms with E-state index in [-0.39, 0.29) is 0 Å². The van der Waals surface area contributed by atoms with Crippen LogP contribution in [-0.2, 0) is 4.84 Å². The molecule has 0 saturated carbocycles. The molecule has 3 nitrogen and oxygen atoms in total. The number of alkyl halides is 1. The largest absolute Gasteiger partial charge is 0.411 e. The van der Waals surface area contributed by atoms with E-state index in [2.05, 4.69) is 11.4 Å². The molecule has 0 aromatic rings. The third-order valence-corrected chi connectivity index (χ3v) is 0.816. The Hall–Kier alpha value is -0.250. The number of hydrogen-bond acceptors (Lipinski definition) is 3. The van der Waals surface area contributed by atoms with E-state index in [4.69, 9.17) is 16.7 Å². The lowest BCUT2D eigenvalue weighted by atomic mass is 11.1. The Labute approximate surface area is 53.1 Å². The van der Waals surface area contributed by atoms with Gasteiger partial charge in [0, 0.05) is 7.05 Å². The zero-order valence-electron chi connectivity index (χ0n) is 4.54. The molecule has 0 bridgehead atoms. The van der Waals surface area contributed by atoms with Gasteiger partial charge >= 0.3 is 0 Å². The van der Waals surface area contributed by atoms with Crippen LogP contribution in [-0.4, -0.2) is 22.9 Å². The monoisotopic (exact) mass is 137 g/mol. The predicted octanol–water partition coefficient (Wildman–Crippen LogP) is 0.508. The van der Waals surface area contributed by atoms with Crippen LogP contribution in [0.15, 0.2) is 12.8 Å². The molecule has 4 heteroatoms. The minimum absolute atomic E-state index is 1.05. The average molecular weight is 138 g/mol. The fourth-order valence-electron chi connectivity index (χ4n) is 0.168. The van der Waals surface area contributed by atoms with Crippen LogP contribution in [0.1, 0.15) is 0 Å². The highest BCUT2D eigenvalue weighted by Gasteiger charge is 2.03. The van der Waals surface area contributed by atoms with E-state index in [1.807, 2.05) is 0 Å². The molecule has 0 aromatic carbocycles. The van der Waals surface area contributed by atoms with E-state index < -0.39 is 5.69 Å². The maximum Gasteiger partial charge on any atom is 0.216 e. The van der Waals surface area contributed by atoms with Crippen molar-refractivity contribution in [3.63, 3.8) is 0 Å². The van der Waals surface area contributed by atoms with Gasteiger partial charge < -0.3 is 9.94 Å². The van der Waals surface area contributed by atoms with Crippen LogP contribution in [0, 0.1) is 0 Å². The molecule has 1 atom stereocenters. The number of halogens is 1. The minimum Gasteiger partial charge on any atom is -0.411 e. The Bertz CT molecular complexity index is 76.4. The maximum atomic E-state index is 8.47. The molecule has 0 amide bonds. The van der Waals surface area contributed by atoms with E-state index >= 15 is 0 Å². The second-order valence-corrected chi connectivity index (χ2v) is 1.52. The van der Waals surface area contributed by atoms with Gasteiger partial charge in [0.25, 0.3) is 0 Å². The second-order valence-electron chi connectivity index (χ2n) is 1.13. The summed E-state index contributed by atoms with van der Waals surface area (Å²) in [6, 6.07) is 0. The fourth-order valence-corrected chi connectivity index (χ4v) is 0.214. The first-order chi connectivity index (χ1) is 3.68. The van der Waals surface area contributed by atoms with Crippen molar-refractivity contribution in [2.75, 3.05) is 7.05 Å². The normalized spacial score (nSPS) is 13.5. The summed E-state index contributed by atoms with van der Waals surface area (Å²) in [5, 5.41) is 9.52. The van der Waals surface area contributed by atoms with Gasteiger partial charge in [-0.1, -0.05) is 18.2 Å². The number of nitrogens with zero attached hydrogens (tertiary/aromatic N) is 1. The van der Waals surface area contributed by atoms with Crippen molar-refractivity contribution in [3.8, 4) is 0 Å². The molecule has 0 saturated heterocycles. The second kappa shape index (κ2) is 3.72. The standard InChI is InChI=1S/C4H8ClNO2/c1-3-8-6(2)4(5)7/h3-4,7H,1H2,2H3. The van der Waals surface area contributed by atoms with E-state index in [1.54, 1.807) is 0 Å². The number of aliphatic hydroxyl groups excluding tert-OH is 1. The summed E-state index contributed by atoms with van der Waals surface area (Å²) in [6.45, 7) is 3.25. The molecular formula is C4H8ClNO2. The summed E-state index contributed by atoms with van der Waals surface area (Å²) in [5.74, 6) is 0. The minimum atomic E-state index is -1.12. The Morgan fingerprint density at radius 3 is 2.62 bits per heavy atom. The third kappa shape index (κ3) is 2.85. The van der Waals surface area contributed by atoms with Gasteiger partial charge in [0.15, 0.2) is 0 Å². The van der Waals surface area contributed by atoms with Gasteiger partial charge in [-0.2, -0.15) is 0 Å². The molecule has 0 aliphatic heterocycles. The van der Waals surface area contributed by atoms with Crippen LogP contribution >= 0.6 is 11.6 Å². The van der Waals surface area contributed by atoms with Crippen molar-refractivity contribution < 1.29 is 9.94 Å². The van der Waals surface area contributed by atoms with Crippen molar-refractivity contribution in [1.29, 1.82) is 0 Å². The van der Waals surface area contributed by atoms with Gasteiger partial charge in [-0.25, -0.2) is 0 Å². The van der Waals surface area contributed by atoms with Gasteiger partial charge in [-0.3, -0.25) is 0 Å². The molecule has 1 unspecified atom stereocenters. The molecule has 0 rings (SSSR count). The molecule has 0 aliphatic carbocycles. The van der Waals surface area contributed by atoms with Crippen LogP contribution in [0.3, 0.4) is 0 Å². The van der Waals surface area contributed by atoms with Crippen molar-refractivity contribution in [3.05, 3.63) is 12.8 Å². The van der Waals surface area contributed by atoms with Crippen LogP contribution < -0.4 is 0 Å². The Morgan fingerprint density at radius 1 is 2.00 bits per heavy atom. The van der Waals surface area contributed by atoms with E-state index in [1.165, 1.54) is 13.3 Å². The molecule has 48 valence electrons. The number of hydrogen-bond donors (Lipinski definition) is 1. The fraction of sp³-hybridized carbons (Fsp3) is 0.500. The maximum absolute atomic E-state index is 8.47. The van der Waals surface area contributed by atoms with E-state index in [0.29, 0.717) is 0 Å². The zero-order valence-corrected chi connectivity index (χ0v) is 5.30. The van der Waals surface area contributed by atoms with Crippen LogP contribution in [0.2, 0.25) is 0 Å². The first kappa shape index (κ1) is 7.75. The molecule has 0 aliphatic rings. The summed E-state index contributed by atoms with van der Waals surface area (Å²) in [6.07, 6.45) is 1.17. The van der Waals surface area contributed by atoms with Gasteiger partial charge in [-0.15, -0.1) is 5.06 Å². The summed E-state index contributed by atoms with van der Waals surface area (Å²) >= 11 is 5.12. The van der Waals surface area contributed by atoms with Gasteiger partial charge in [0.2, 0.25) is 5.69 Å². The zero-order chi connectivity index (χ0) is 6.57. The summed E-state index contributed by atoms with van der Waals surface area (Å²) < 4.78 is 0. The van der Waals surface area contributed by atoms with Crippen LogP contribution in [0.4, 0.5) is 0 Å². The number of rotatable bonds is 3.